The quantitative estimate of drug-likeness (QED) is 0.0212. The lowest BCUT2D eigenvalue weighted by Crippen LogP contribution is -2.33. The zero-order valence-corrected chi connectivity index (χ0v) is 60.8. The highest BCUT2D eigenvalue weighted by atomic mass is 28.3. The molecule has 2 saturated carbocycles. The van der Waals surface area contributed by atoms with Gasteiger partial charge < -0.3 is 33.9 Å². The van der Waals surface area contributed by atoms with Crippen molar-refractivity contribution in [1.82, 2.24) is 39.2 Å². The van der Waals surface area contributed by atoms with E-state index < -0.39 is 38.0 Å². The minimum absolute atomic E-state index is 0.115. The van der Waals surface area contributed by atoms with Crippen LogP contribution in [0.1, 0.15) is 74.6 Å². The van der Waals surface area contributed by atoms with E-state index in [0.29, 0.717) is 84.4 Å². The van der Waals surface area contributed by atoms with Crippen LogP contribution in [0.3, 0.4) is 0 Å². The standard InChI is InChI=1S/C36H50N6O3Si2.C35H49N5O3Si2/c1-37-36(43)17-15-29(16-18-36)33-23-34(41(26-44-19-21-46(2,3)4)27-45-20-22-47(5,6)7)42-35(40-33)31(25-39-42)30-13-14-32(38-24-30)28-11-9-8-10-12-28;1-44(2,3)20-18-42-25-39(26-43-19-21-45(4,5)6)34-22-33(28-12-15-30(41)16-13-28)38-35-31(24-37-40(34)35)29-14-17-32(36-23-29)27-10-8-7-9-11-27/h8-14,23-25,29,43H,15-22,26-27H2,2-7H3;7-11,14,17,22-24,28H,12-13,15-16,18-21,25-26H2,1-6H3. The number of hydrogen-bond donors (Lipinski definition) is 1. The summed E-state index contributed by atoms with van der Waals surface area (Å²) in [4.78, 5) is 39.9. The summed E-state index contributed by atoms with van der Waals surface area (Å²) in [5.41, 5.74) is 9.88. The van der Waals surface area contributed by atoms with E-state index in [2.05, 4.69) is 148 Å². The van der Waals surface area contributed by atoms with Crippen molar-refractivity contribution in [3.05, 3.63) is 145 Å². The first kappa shape index (κ1) is 69.7. The van der Waals surface area contributed by atoms with Crippen molar-refractivity contribution in [1.29, 1.82) is 0 Å². The Morgan fingerprint density at radius 1 is 0.511 bits per heavy atom. The van der Waals surface area contributed by atoms with Crippen LogP contribution in [0, 0.1) is 6.57 Å². The first-order valence-electron chi connectivity index (χ1n) is 33.1. The van der Waals surface area contributed by atoms with Gasteiger partial charge >= 0.3 is 5.72 Å². The maximum absolute atomic E-state index is 12.1. The number of ketones is 1. The zero-order valence-electron chi connectivity index (χ0n) is 56.8. The second-order valence-electron chi connectivity index (χ2n) is 29.9. The summed E-state index contributed by atoms with van der Waals surface area (Å²) in [5, 5.41) is 20.4. The summed E-state index contributed by atoms with van der Waals surface area (Å²) in [6.07, 6.45) is 12.6. The summed E-state index contributed by atoms with van der Waals surface area (Å²) < 4.78 is 29.0. The predicted octanol–water partition coefficient (Wildman–Crippen LogP) is 16.3. The normalized spacial score (nSPS) is 16.8. The number of carbonyl (C=O) groups is 1. The van der Waals surface area contributed by atoms with Gasteiger partial charge in [0.1, 0.15) is 44.3 Å². The van der Waals surface area contributed by atoms with Crippen molar-refractivity contribution in [2.24, 2.45) is 0 Å². The predicted molar refractivity (Wildman–Crippen MR) is 383 cm³/mol. The van der Waals surface area contributed by atoms with Gasteiger partial charge in [-0.25, -0.2) is 16.5 Å². The van der Waals surface area contributed by atoms with Crippen LogP contribution in [0.15, 0.2) is 122 Å². The number of carbonyl (C=O) groups excluding carboxylic acids is 1. The van der Waals surface area contributed by atoms with Gasteiger partial charge in [-0.05, 0) is 62.0 Å². The van der Waals surface area contributed by atoms with Crippen LogP contribution in [-0.2, 0) is 23.7 Å². The molecule has 1 N–H and O–H groups in total. The zero-order chi connectivity index (χ0) is 65.7. The molecule has 2 aliphatic rings. The minimum atomic E-state index is -1.28. The molecule has 0 atom stereocenters. The number of hydrogen-bond acceptors (Lipinski definition) is 14. The Labute approximate surface area is 550 Å². The number of pyridine rings is 2. The van der Waals surface area contributed by atoms with Crippen molar-refractivity contribution < 1.29 is 28.8 Å². The van der Waals surface area contributed by atoms with Crippen molar-refractivity contribution >= 4 is 61.0 Å². The fourth-order valence-electron chi connectivity index (χ4n) is 11.1. The van der Waals surface area contributed by atoms with E-state index in [-0.39, 0.29) is 11.8 Å². The van der Waals surface area contributed by atoms with Gasteiger partial charge in [-0.15, -0.1) is 0 Å². The van der Waals surface area contributed by atoms with E-state index in [4.69, 9.17) is 55.7 Å². The molecule has 0 unspecified atom stereocenters. The molecule has 21 heteroatoms. The molecule has 0 spiro atoms. The van der Waals surface area contributed by atoms with Crippen molar-refractivity contribution in [3.63, 3.8) is 0 Å². The number of aromatic nitrogens is 8. The molecule has 8 aromatic rings. The Kier molecular flexibility index (Phi) is 23.6. The van der Waals surface area contributed by atoms with Gasteiger partial charge in [0.15, 0.2) is 11.3 Å². The molecule has 6 heterocycles. The first-order chi connectivity index (χ1) is 43.8. The molecule has 2 aromatic carbocycles. The van der Waals surface area contributed by atoms with Crippen LogP contribution >= 0.6 is 0 Å². The highest BCUT2D eigenvalue weighted by Crippen LogP contribution is 2.41. The van der Waals surface area contributed by atoms with E-state index in [0.717, 1.165) is 129 Å². The number of fused-ring (bicyclic) bond motifs is 2. The third-order valence-electron chi connectivity index (χ3n) is 17.2. The van der Waals surface area contributed by atoms with Gasteiger partial charge in [0.25, 0.3) is 0 Å². The number of aliphatic hydroxyl groups is 1. The van der Waals surface area contributed by atoms with Gasteiger partial charge in [0, 0.05) is 153 Å². The lowest BCUT2D eigenvalue weighted by Gasteiger charge is -2.29. The van der Waals surface area contributed by atoms with E-state index >= 15 is 0 Å². The van der Waals surface area contributed by atoms with Gasteiger partial charge in [0.2, 0.25) is 0 Å². The van der Waals surface area contributed by atoms with Gasteiger partial charge in [0.05, 0.1) is 36.6 Å². The molecule has 0 aliphatic heterocycles. The Morgan fingerprint density at radius 2 is 0.870 bits per heavy atom. The number of Topliss-reactive ketones (excluding diaryl/α,β-unsaturated/α-hetero) is 1. The van der Waals surface area contributed by atoms with E-state index in [1.807, 2.05) is 76.3 Å². The number of nitrogens with zero attached hydrogens (tertiary/aromatic N) is 11. The van der Waals surface area contributed by atoms with Gasteiger partial charge in [-0.1, -0.05) is 151 Å². The average molecular weight is 1310 g/mol. The van der Waals surface area contributed by atoms with Gasteiger partial charge in [-0.2, -0.15) is 19.2 Å². The minimum Gasteiger partial charge on any atom is -0.361 e. The molecule has 6 aromatic heterocycles. The molecule has 2 aliphatic carbocycles. The molecule has 0 bridgehead atoms. The number of ether oxygens (including phenoxy) is 4. The average Bonchev–Trinajstić information content (AvgIpc) is 1.55. The van der Waals surface area contributed by atoms with Crippen LogP contribution < -0.4 is 9.80 Å². The third kappa shape index (κ3) is 20.0. The maximum Gasteiger partial charge on any atom is 0.334 e. The Balaban J connectivity index is 0.000000218. The van der Waals surface area contributed by atoms with Crippen molar-refractivity contribution in [2.75, 3.05) is 63.2 Å². The van der Waals surface area contributed by atoms with Crippen LogP contribution in [0.4, 0.5) is 11.6 Å². The van der Waals surface area contributed by atoms with Crippen molar-refractivity contribution in [2.45, 2.75) is 172 Å². The van der Waals surface area contributed by atoms with Crippen LogP contribution in [-0.4, -0.2) is 141 Å². The molecule has 0 amide bonds. The second-order valence-corrected chi connectivity index (χ2v) is 52.4. The molecule has 0 saturated heterocycles. The summed E-state index contributed by atoms with van der Waals surface area (Å²) in [5.74, 6) is 2.43. The summed E-state index contributed by atoms with van der Waals surface area (Å²) in [6.45, 7) is 40.2. The molecular formula is C71H99N11O6Si4. The highest BCUT2D eigenvalue weighted by Gasteiger charge is 2.40. The molecule has 10 rings (SSSR count). The molecular weight excluding hydrogens is 1220 g/mol. The lowest BCUT2D eigenvalue weighted by molar-refractivity contribution is -0.120. The van der Waals surface area contributed by atoms with Crippen molar-refractivity contribution in [3.8, 4) is 44.8 Å². The molecule has 92 heavy (non-hydrogen) atoms. The van der Waals surface area contributed by atoms with E-state index in [1.165, 1.54) is 0 Å². The SMILES string of the molecule is C[Si](C)(C)CCOCN(COCC[Si](C)(C)C)c1cc(C2CCC(=O)CC2)nc2c(-c3ccc(-c4ccccc4)nc3)cnn12.[C-]#[N+]C1(O)CCC(c2cc(N(COCC[Si](C)(C)C)COCC[Si](C)(C)C)n3ncc(-c4ccc(-c5ccccc5)nc4)c3n2)CC1. The number of rotatable bonds is 28. The Morgan fingerprint density at radius 3 is 1.20 bits per heavy atom. The number of benzene rings is 2. The Bertz CT molecular complexity index is 3650. The maximum atomic E-state index is 12.1. The number of anilines is 2. The largest absolute Gasteiger partial charge is 0.361 e. The molecule has 17 nitrogen and oxygen atoms in total. The topological polar surface area (TPSA) is 171 Å². The molecule has 2 fully saturated rings. The lowest BCUT2D eigenvalue weighted by atomic mass is 9.82. The first-order valence-corrected chi connectivity index (χ1v) is 47.9. The monoisotopic (exact) mass is 1310 g/mol. The summed E-state index contributed by atoms with van der Waals surface area (Å²) >= 11 is 0. The van der Waals surface area contributed by atoms with Gasteiger partial charge in [-0.3, -0.25) is 19.6 Å². The Hall–Kier alpha value is -6.59. The van der Waals surface area contributed by atoms with Crippen LogP contribution in [0.2, 0.25) is 103 Å². The fraction of sp³-hybridized carbons (Fsp3) is 0.493. The van der Waals surface area contributed by atoms with Crippen LogP contribution in [0.5, 0.6) is 0 Å². The van der Waals surface area contributed by atoms with E-state index in [9.17, 15) is 9.90 Å². The second kappa shape index (κ2) is 31.1. The third-order valence-corrected chi connectivity index (χ3v) is 24.0. The molecule has 490 valence electrons. The van der Waals surface area contributed by atoms with Crippen LogP contribution in [0.25, 0.3) is 60.9 Å². The van der Waals surface area contributed by atoms with E-state index in [1.54, 1.807) is 0 Å². The fourth-order valence-corrected chi connectivity index (χ4v) is 14.2. The summed E-state index contributed by atoms with van der Waals surface area (Å²) in [7, 11) is -4.98. The smallest absolute Gasteiger partial charge is 0.334 e. The highest BCUT2D eigenvalue weighted by molar-refractivity contribution is 6.77. The molecule has 0 radical (unpaired) electrons. The summed E-state index contributed by atoms with van der Waals surface area (Å²) in [6, 6.07) is 37.2.